The summed E-state index contributed by atoms with van der Waals surface area (Å²) in [6.45, 7) is 3.18. The minimum atomic E-state index is -3.44. The van der Waals surface area contributed by atoms with Crippen LogP contribution in [0.5, 0.6) is 0 Å². The second-order valence-electron chi connectivity index (χ2n) is 6.64. The van der Waals surface area contributed by atoms with Gasteiger partial charge in [-0.25, -0.2) is 8.42 Å². The molecule has 2 aromatic carbocycles. The normalized spacial score (nSPS) is 15.4. The molecule has 7 heteroatoms. The molecule has 0 saturated carbocycles. The fourth-order valence-corrected chi connectivity index (χ4v) is 5.16. The zero-order valence-electron chi connectivity index (χ0n) is 15.3. The Labute approximate surface area is 165 Å². The van der Waals surface area contributed by atoms with Crippen LogP contribution in [0.25, 0.3) is 0 Å². The highest BCUT2D eigenvalue weighted by atomic mass is 32.2. The van der Waals surface area contributed by atoms with E-state index in [0.717, 1.165) is 24.2 Å². The van der Waals surface area contributed by atoms with Crippen molar-refractivity contribution in [2.24, 2.45) is 0 Å². The number of benzene rings is 2. The van der Waals surface area contributed by atoms with Gasteiger partial charge in [0.2, 0.25) is 15.9 Å². The van der Waals surface area contributed by atoms with Gasteiger partial charge in [-0.2, -0.15) is 4.31 Å². The van der Waals surface area contributed by atoms with Crippen molar-refractivity contribution in [2.45, 2.75) is 36.0 Å². The van der Waals surface area contributed by atoms with Gasteiger partial charge in [0.05, 0.1) is 10.6 Å². The molecule has 0 aromatic heterocycles. The summed E-state index contributed by atoms with van der Waals surface area (Å²) >= 11 is 1.47. The number of piperidine rings is 1. The van der Waals surface area contributed by atoms with Gasteiger partial charge >= 0.3 is 0 Å². The maximum atomic E-state index is 12.6. The topological polar surface area (TPSA) is 66.5 Å². The minimum absolute atomic E-state index is 0.118. The fraction of sp³-hybridized carbons (Fsp3) is 0.350. The molecule has 0 atom stereocenters. The number of aryl methyl sites for hydroxylation is 1. The highest BCUT2D eigenvalue weighted by molar-refractivity contribution is 8.00. The molecule has 0 radical (unpaired) electrons. The Balaban J connectivity index is 1.56. The lowest BCUT2D eigenvalue weighted by Crippen LogP contribution is -2.35. The number of nitrogens with one attached hydrogen (secondary N) is 1. The molecule has 1 aliphatic rings. The first-order valence-corrected chi connectivity index (χ1v) is 11.5. The number of amides is 1. The molecule has 1 N–H and O–H groups in total. The predicted molar refractivity (Wildman–Crippen MR) is 110 cm³/mol. The molecular formula is C20H24N2O3S2. The predicted octanol–water partition coefficient (Wildman–Crippen LogP) is 3.90. The summed E-state index contributed by atoms with van der Waals surface area (Å²) in [6.07, 6.45) is 2.90. The highest BCUT2D eigenvalue weighted by Crippen LogP contribution is 2.22. The highest BCUT2D eigenvalue weighted by Gasteiger charge is 2.25. The smallest absolute Gasteiger partial charge is 0.243 e. The standard InChI is InChI=1S/C20H24N2O3S2/c1-16-5-9-18(10-6-16)26-15-20(23)21-17-7-11-19(12-8-17)27(24,25)22-13-3-2-4-14-22/h5-12H,2-4,13-15H2,1H3,(H,21,23). The van der Waals surface area contributed by atoms with Crippen molar-refractivity contribution in [3.63, 3.8) is 0 Å². The molecule has 1 heterocycles. The molecule has 1 amide bonds. The van der Waals surface area contributed by atoms with Crippen molar-refractivity contribution >= 4 is 33.4 Å². The van der Waals surface area contributed by atoms with Gasteiger partial charge in [-0.05, 0) is 56.2 Å². The molecule has 27 heavy (non-hydrogen) atoms. The van der Waals surface area contributed by atoms with Crippen LogP contribution in [0.4, 0.5) is 5.69 Å². The van der Waals surface area contributed by atoms with Crippen molar-refractivity contribution in [2.75, 3.05) is 24.2 Å². The lowest BCUT2D eigenvalue weighted by atomic mass is 10.2. The lowest BCUT2D eigenvalue weighted by molar-refractivity contribution is -0.113. The first-order chi connectivity index (χ1) is 12.9. The molecule has 1 aliphatic heterocycles. The molecule has 0 aliphatic carbocycles. The van der Waals surface area contributed by atoms with E-state index >= 15 is 0 Å². The number of carbonyl (C=O) groups is 1. The SMILES string of the molecule is Cc1ccc(SCC(=O)Nc2ccc(S(=O)(=O)N3CCCCC3)cc2)cc1. The second kappa shape index (κ2) is 8.91. The molecule has 0 spiro atoms. The maximum Gasteiger partial charge on any atom is 0.243 e. The van der Waals surface area contributed by atoms with Crippen LogP contribution in [0.3, 0.4) is 0 Å². The van der Waals surface area contributed by atoms with E-state index in [0.29, 0.717) is 24.5 Å². The largest absolute Gasteiger partial charge is 0.325 e. The number of thioether (sulfide) groups is 1. The average Bonchev–Trinajstić information content (AvgIpc) is 2.69. The summed E-state index contributed by atoms with van der Waals surface area (Å²) < 4.78 is 26.8. The Bertz CT molecular complexity index is 872. The first-order valence-electron chi connectivity index (χ1n) is 9.05. The molecule has 1 fully saturated rings. The first kappa shape index (κ1) is 19.9. The van der Waals surface area contributed by atoms with Crippen LogP contribution in [-0.4, -0.2) is 37.5 Å². The third-order valence-corrected chi connectivity index (χ3v) is 7.41. The van der Waals surface area contributed by atoms with Crippen molar-refractivity contribution in [1.29, 1.82) is 0 Å². The van der Waals surface area contributed by atoms with Crippen LogP contribution in [0.2, 0.25) is 0 Å². The van der Waals surface area contributed by atoms with Gasteiger partial charge in [0.25, 0.3) is 0 Å². The molecule has 5 nitrogen and oxygen atoms in total. The number of rotatable bonds is 6. The van der Waals surface area contributed by atoms with Crippen LogP contribution in [0.1, 0.15) is 24.8 Å². The average molecular weight is 405 g/mol. The Morgan fingerprint density at radius 3 is 2.26 bits per heavy atom. The summed E-state index contributed by atoms with van der Waals surface area (Å²) in [5.41, 5.74) is 1.78. The van der Waals surface area contributed by atoms with Gasteiger partial charge in [0.1, 0.15) is 0 Å². The fourth-order valence-electron chi connectivity index (χ4n) is 2.95. The van der Waals surface area contributed by atoms with Crippen LogP contribution in [0, 0.1) is 6.92 Å². The molecular weight excluding hydrogens is 380 g/mol. The van der Waals surface area contributed by atoms with Crippen molar-refractivity contribution < 1.29 is 13.2 Å². The van der Waals surface area contributed by atoms with E-state index in [1.54, 1.807) is 28.6 Å². The van der Waals surface area contributed by atoms with Gasteiger partial charge in [0.15, 0.2) is 0 Å². The molecule has 2 aromatic rings. The summed E-state index contributed by atoms with van der Waals surface area (Å²) in [5.74, 6) is 0.184. The van der Waals surface area contributed by atoms with E-state index in [-0.39, 0.29) is 10.8 Å². The zero-order chi connectivity index (χ0) is 19.3. The van der Waals surface area contributed by atoms with Gasteiger partial charge in [-0.3, -0.25) is 4.79 Å². The number of anilines is 1. The summed E-state index contributed by atoms with van der Waals surface area (Å²) in [5, 5.41) is 2.81. The maximum absolute atomic E-state index is 12.6. The van der Waals surface area contributed by atoms with Crippen LogP contribution < -0.4 is 5.32 Å². The molecule has 144 valence electrons. The van der Waals surface area contributed by atoms with Gasteiger partial charge in [-0.1, -0.05) is 24.1 Å². The number of hydrogen-bond donors (Lipinski definition) is 1. The Kier molecular flexibility index (Phi) is 6.57. The van der Waals surface area contributed by atoms with E-state index < -0.39 is 10.0 Å². The van der Waals surface area contributed by atoms with Crippen LogP contribution in [-0.2, 0) is 14.8 Å². The minimum Gasteiger partial charge on any atom is -0.325 e. The van der Waals surface area contributed by atoms with Crippen LogP contribution >= 0.6 is 11.8 Å². The number of sulfonamides is 1. The third-order valence-electron chi connectivity index (χ3n) is 4.48. The molecule has 1 saturated heterocycles. The van der Waals surface area contributed by atoms with E-state index in [9.17, 15) is 13.2 Å². The molecule has 0 unspecified atom stereocenters. The van der Waals surface area contributed by atoms with E-state index in [1.165, 1.54) is 17.3 Å². The Morgan fingerprint density at radius 2 is 1.63 bits per heavy atom. The van der Waals surface area contributed by atoms with Crippen molar-refractivity contribution in [3.8, 4) is 0 Å². The van der Waals surface area contributed by atoms with Crippen molar-refractivity contribution in [1.82, 2.24) is 4.31 Å². The third kappa shape index (κ3) is 5.34. The molecule has 3 rings (SSSR count). The van der Waals surface area contributed by atoms with Gasteiger partial charge < -0.3 is 5.32 Å². The van der Waals surface area contributed by atoms with E-state index in [1.807, 2.05) is 31.2 Å². The summed E-state index contributed by atoms with van der Waals surface area (Å²) in [7, 11) is -3.44. The molecule has 0 bridgehead atoms. The Morgan fingerprint density at radius 1 is 1.00 bits per heavy atom. The Hall–Kier alpha value is -1.83. The van der Waals surface area contributed by atoms with Crippen molar-refractivity contribution in [3.05, 3.63) is 54.1 Å². The lowest BCUT2D eigenvalue weighted by Gasteiger charge is -2.25. The summed E-state index contributed by atoms with van der Waals surface area (Å²) in [4.78, 5) is 13.4. The van der Waals surface area contributed by atoms with E-state index in [2.05, 4.69) is 5.32 Å². The number of carbonyl (C=O) groups excluding carboxylic acids is 1. The summed E-state index contributed by atoms with van der Waals surface area (Å²) in [6, 6.07) is 14.4. The number of nitrogens with zero attached hydrogens (tertiary/aromatic N) is 1. The quantitative estimate of drug-likeness (QED) is 0.742. The zero-order valence-corrected chi connectivity index (χ0v) is 17.0. The number of hydrogen-bond acceptors (Lipinski definition) is 4. The van der Waals surface area contributed by atoms with E-state index in [4.69, 9.17) is 0 Å². The second-order valence-corrected chi connectivity index (χ2v) is 9.63. The monoisotopic (exact) mass is 404 g/mol. The van der Waals surface area contributed by atoms with Gasteiger partial charge in [-0.15, -0.1) is 11.8 Å². The van der Waals surface area contributed by atoms with Crippen LogP contribution in [0.15, 0.2) is 58.3 Å². The van der Waals surface area contributed by atoms with Gasteiger partial charge in [0, 0.05) is 23.7 Å².